The number of sulfone groups is 1. The van der Waals surface area contributed by atoms with Gasteiger partial charge < -0.3 is 9.47 Å². The molecule has 0 radical (unpaired) electrons. The van der Waals surface area contributed by atoms with E-state index in [1.54, 1.807) is 30.2 Å². The van der Waals surface area contributed by atoms with E-state index in [1.807, 2.05) is 24.3 Å². The quantitative estimate of drug-likeness (QED) is 0.397. The molecule has 34 heavy (non-hydrogen) atoms. The lowest BCUT2D eigenvalue weighted by Gasteiger charge is -2.29. The van der Waals surface area contributed by atoms with Gasteiger partial charge >= 0.3 is 0 Å². The minimum absolute atomic E-state index is 0.0449. The van der Waals surface area contributed by atoms with E-state index in [4.69, 9.17) is 9.47 Å². The highest BCUT2D eigenvalue weighted by atomic mass is 32.2. The minimum Gasteiger partial charge on any atom is -0.497 e. The van der Waals surface area contributed by atoms with E-state index in [2.05, 4.69) is 9.88 Å². The lowest BCUT2D eigenvalue weighted by atomic mass is 10.3. The summed E-state index contributed by atoms with van der Waals surface area (Å²) >= 11 is 2.80. The Balaban J connectivity index is 1.54. The van der Waals surface area contributed by atoms with E-state index in [0.29, 0.717) is 37.0 Å². The van der Waals surface area contributed by atoms with E-state index in [-0.39, 0.29) is 16.6 Å². The molecule has 0 spiro atoms. The Labute approximate surface area is 207 Å². The highest BCUT2D eigenvalue weighted by Gasteiger charge is 2.22. The topological polar surface area (TPSA) is 89.0 Å². The van der Waals surface area contributed by atoms with Crippen molar-refractivity contribution in [2.24, 2.45) is 0 Å². The minimum atomic E-state index is -3.32. The van der Waals surface area contributed by atoms with Gasteiger partial charge in [0.25, 0.3) is 0 Å². The summed E-state index contributed by atoms with van der Waals surface area (Å²) in [5.74, 6) is 0.988. The Morgan fingerprint density at radius 1 is 1.21 bits per heavy atom. The van der Waals surface area contributed by atoms with E-state index in [1.165, 1.54) is 29.4 Å². The number of methoxy groups -OCH3 is 1. The Bertz CT molecular complexity index is 1240. The summed E-state index contributed by atoms with van der Waals surface area (Å²) in [7, 11) is -1.70. The number of fused-ring (bicyclic) bond motifs is 1. The Kier molecular flexibility index (Phi) is 8.10. The summed E-state index contributed by atoms with van der Waals surface area (Å²) in [5.41, 5.74) is 0.680. The molecule has 1 aliphatic rings. The predicted octanol–water partition coefficient (Wildman–Crippen LogP) is 3.17. The standard InChI is InChI=1S/C23H27N3O5S3/c1-30-17-3-5-18(6-4-17)32-16-22(27)26(10-9-25-11-13-31-14-12-25)23-24-20-8-7-19(34(2,28)29)15-21(20)33-23/h3-8,15H,9-14,16H2,1-2H3. The first-order chi connectivity index (χ1) is 16.3. The van der Waals surface area contributed by atoms with Gasteiger partial charge in [-0.2, -0.15) is 0 Å². The zero-order chi connectivity index (χ0) is 24.1. The van der Waals surface area contributed by atoms with Crippen molar-refractivity contribution in [1.29, 1.82) is 0 Å². The van der Waals surface area contributed by atoms with Crippen LogP contribution in [0.25, 0.3) is 10.2 Å². The van der Waals surface area contributed by atoms with Gasteiger partial charge in [0.2, 0.25) is 5.91 Å². The normalized spacial score (nSPS) is 14.9. The van der Waals surface area contributed by atoms with Crippen molar-refractivity contribution in [3.05, 3.63) is 42.5 Å². The van der Waals surface area contributed by atoms with Crippen molar-refractivity contribution >= 4 is 54.2 Å². The molecule has 1 aliphatic heterocycles. The van der Waals surface area contributed by atoms with Gasteiger partial charge in [0.1, 0.15) is 5.75 Å². The molecule has 1 saturated heterocycles. The van der Waals surface area contributed by atoms with Gasteiger partial charge in [-0.1, -0.05) is 11.3 Å². The summed E-state index contributed by atoms with van der Waals surface area (Å²) in [5, 5.41) is 0.578. The summed E-state index contributed by atoms with van der Waals surface area (Å²) in [4.78, 5) is 23.2. The molecule has 1 aromatic heterocycles. The van der Waals surface area contributed by atoms with Crippen LogP contribution >= 0.6 is 23.1 Å². The monoisotopic (exact) mass is 521 g/mol. The van der Waals surface area contributed by atoms with E-state index in [0.717, 1.165) is 28.4 Å². The number of anilines is 1. The third-order valence-electron chi connectivity index (χ3n) is 5.47. The number of benzene rings is 2. The number of nitrogens with zero attached hydrogens (tertiary/aromatic N) is 3. The van der Waals surface area contributed by atoms with Gasteiger partial charge in [-0.15, -0.1) is 11.8 Å². The third-order valence-corrected chi connectivity index (χ3v) is 8.62. The lowest BCUT2D eigenvalue weighted by Crippen LogP contribution is -2.43. The highest BCUT2D eigenvalue weighted by Crippen LogP contribution is 2.31. The smallest absolute Gasteiger partial charge is 0.239 e. The molecular formula is C23H27N3O5S3. The summed E-state index contributed by atoms with van der Waals surface area (Å²) < 4.78 is 35.3. The third kappa shape index (κ3) is 6.28. The van der Waals surface area contributed by atoms with Gasteiger partial charge in [-0.05, 0) is 42.5 Å². The summed E-state index contributed by atoms with van der Waals surface area (Å²) in [6.45, 7) is 4.27. The van der Waals surface area contributed by atoms with Crippen LogP contribution in [0.2, 0.25) is 0 Å². The van der Waals surface area contributed by atoms with Crippen molar-refractivity contribution in [2.45, 2.75) is 9.79 Å². The maximum absolute atomic E-state index is 13.3. The number of thiazole rings is 1. The van der Waals surface area contributed by atoms with Gasteiger partial charge in [0.05, 0.1) is 41.2 Å². The largest absolute Gasteiger partial charge is 0.497 e. The highest BCUT2D eigenvalue weighted by molar-refractivity contribution is 8.00. The van der Waals surface area contributed by atoms with Crippen molar-refractivity contribution in [3.63, 3.8) is 0 Å². The van der Waals surface area contributed by atoms with Gasteiger partial charge in [0, 0.05) is 37.3 Å². The van der Waals surface area contributed by atoms with Crippen LogP contribution < -0.4 is 9.64 Å². The van der Waals surface area contributed by atoms with Crippen LogP contribution in [-0.2, 0) is 19.4 Å². The number of hydrogen-bond acceptors (Lipinski definition) is 9. The van der Waals surface area contributed by atoms with Crippen LogP contribution in [0.5, 0.6) is 5.75 Å². The van der Waals surface area contributed by atoms with Crippen LogP contribution in [0.3, 0.4) is 0 Å². The molecule has 4 rings (SSSR count). The molecule has 11 heteroatoms. The molecule has 8 nitrogen and oxygen atoms in total. The number of carbonyl (C=O) groups is 1. The van der Waals surface area contributed by atoms with Crippen molar-refractivity contribution in [2.75, 3.05) is 63.4 Å². The van der Waals surface area contributed by atoms with Crippen molar-refractivity contribution < 1.29 is 22.7 Å². The first kappa shape index (κ1) is 24.9. The van der Waals surface area contributed by atoms with Crippen LogP contribution in [-0.4, -0.2) is 82.7 Å². The molecule has 0 bridgehead atoms. The van der Waals surface area contributed by atoms with E-state index < -0.39 is 9.84 Å². The van der Waals surface area contributed by atoms with Crippen LogP contribution in [0.4, 0.5) is 5.13 Å². The van der Waals surface area contributed by atoms with Crippen LogP contribution in [0.15, 0.2) is 52.3 Å². The Morgan fingerprint density at radius 3 is 2.62 bits per heavy atom. The molecule has 2 heterocycles. The fourth-order valence-electron chi connectivity index (χ4n) is 3.53. The maximum atomic E-state index is 13.3. The number of carbonyl (C=O) groups excluding carboxylic acids is 1. The fraction of sp³-hybridized carbons (Fsp3) is 0.391. The van der Waals surface area contributed by atoms with E-state index >= 15 is 0 Å². The van der Waals surface area contributed by atoms with Crippen LogP contribution in [0.1, 0.15) is 0 Å². The molecule has 0 atom stereocenters. The van der Waals surface area contributed by atoms with E-state index in [9.17, 15) is 13.2 Å². The number of morpholine rings is 1. The number of ether oxygens (including phenoxy) is 2. The predicted molar refractivity (Wildman–Crippen MR) is 136 cm³/mol. The Morgan fingerprint density at radius 2 is 1.94 bits per heavy atom. The second kappa shape index (κ2) is 11.0. The molecule has 0 saturated carbocycles. The number of amides is 1. The number of hydrogen-bond donors (Lipinski definition) is 0. The molecule has 3 aromatic rings. The molecule has 1 fully saturated rings. The molecule has 0 unspecified atom stereocenters. The van der Waals surface area contributed by atoms with Crippen molar-refractivity contribution in [3.8, 4) is 5.75 Å². The lowest BCUT2D eigenvalue weighted by molar-refractivity contribution is -0.116. The fourth-order valence-corrected chi connectivity index (χ4v) is 6.07. The van der Waals surface area contributed by atoms with Crippen LogP contribution in [0, 0.1) is 0 Å². The SMILES string of the molecule is COc1ccc(SCC(=O)N(CCN2CCOCC2)c2nc3ccc(S(C)(=O)=O)cc3s2)cc1. The molecule has 0 N–H and O–H groups in total. The first-order valence-electron chi connectivity index (χ1n) is 10.8. The Hall–Kier alpha value is -2.18. The summed E-state index contributed by atoms with van der Waals surface area (Å²) in [6, 6.07) is 12.5. The number of aromatic nitrogens is 1. The van der Waals surface area contributed by atoms with Gasteiger partial charge in [-0.3, -0.25) is 14.6 Å². The second-order valence-electron chi connectivity index (χ2n) is 7.86. The zero-order valence-electron chi connectivity index (χ0n) is 19.1. The molecule has 2 aromatic carbocycles. The zero-order valence-corrected chi connectivity index (χ0v) is 21.5. The second-order valence-corrected chi connectivity index (χ2v) is 11.9. The summed E-state index contributed by atoms with van der Waals surface area (Å²) in [6.07, 6.45) is 1.19. The van der Waals surface area contributed by atoms with Crippen molar-refractivity contribution in [1.82, 2.24) is 9.88 Å². The number of rotatable bonds is 9. The molecule has 1 amide bonds. The molecule has 182 valence electrons. The first-order valence-corrected chi connectivity index (χ1v) is 14.5. The number of thioether (sulfide) groups is 1. The van der Waals surface area contributed by atoms with Gasteiger partial charge in [-0.25, -0.2) is 13.4 Å². The molecule has 0 aliphatic carbocycles. The maximum Gasteiger partial charge on any atom is 0.239 e. The average Bonchev–Trinajstić information content (AvgIpc) is 3.26. The van der Waals surface area contributed by atoms with Gasteiger partial charge in [0.15, 0.2) is 15.0 Å². The molecular weight excluding hydrogens is 494 g/mol. The average molecular weight is 522 g/mol.